The van der Waals surface area contributed by atoms with Crippen LogP contribution in [0.5, 0.6) is 0 Å². The summed E-state index contributed by atoms with van der Waals surface area (Å²) >= 11 is 6.29. The Bertz CT molecular complexity index is 843. The Morgan fingerprint density at radius 2 is 1.12 bits per heavy atom. The second kappa shape index (κ2) is 7.86. The molecule has 0 radical (unpaired) electrons. The monoisotopic (exact) mass is 347 g/mol. The Kier molecular flexibility index (Phi) is 5.36. The summed E-state index contributed by atoms with van der Waals surface area (Å²) in [6.07, 6.45) is 0. The summed E-state index contributed by atoms with van der Waals surface area (Å²) in [5.41, 5.74) is 4.88. The number of aromatic nitrogens is 1. The highest BCUT2D eigenvalue weighted by Gasteiger charge is 2.07. The topological polar surface area (TPSA) is 37.6 Å². The van der Waals surface area contributed by atoms with Crippen LogP contribution in [0.3, 0.4) is 0 Å². The number of pyridine rings is 1. The zero-order valence-corrected chi connectivity index (χ0v) is 14.9. The quantitative estimate of drug-likeness (QED) is 0.532. The van der Waals surface area contributed by atoms with Gasteiger partial charge in [-0.1, -0.05) is 48.0 Å². The molecule has 3 nitrogen and oxygen atoms in total. The summed E-state index contributed by atoms with van der Waals surface area (Å²) in [5, 5.41) is 0.616. The van der Waals surface area contributed by atoms with Gasteiger partial charge in [0.1, 0.15) is 0 Å². The van der Waals surface area contributed by atoms with Gasteiger partial charge in [-0.15, -0.1) is 0 Å². The Labute approximate surface area is 152 Å². The molecule has 0 aliphatic heterocycles. The Balaban J connectivity index is 1.96. The lowest BCUT2D eigenvalue weighted by Gasteiger charge is -2.06. The summed E-state index contributed by atoms with van der Waals surface area (Å²) < 4.78 is 0. The minimum atomic E-state index is 0.616. The summed E-state index contributed by atoms with van der Waals surface area (Å²) in [6, 6.07) is 23.2. The van der Waals surface area contributed by atoms with Crippen LogP contribution in [0.25, 0.3) is 0 Å². The van der Waals surface area contributed by atoms with E-state index in [9.17, 15) is 0 Å². The molecule has 0 saturated carbocycles. The van der Waals surface area contributed by atoms with E-state index in [-0.39, 0.29) is 0 Å². The van der Waals surface area contributed by atoms with Crippen LogP contribution in [-0.4, -0.2) is 16.4 Å². The van der Waals surface area contributed by atoms with Crippen LogP contribution in [-0.2, 0) is 0 Å². The predicted octanol–water partition coefficient (Wildman–Crippen LogP) is 6.02. The Hall–Kier alpha value is -2.78. The average Bonchev–Trinajstić information content (AvgIpc) is 2.63. The average molecular weight is 348 g/mol. The van der Waals surface area contributed by atoms with Crippen molar-refractivity contribution in [2.45, 2.75) is 13.8 Å². The summed E-state index contributed by atoms with van der Waals surface area (Å²) in [6.45, 7) is 3.86. The molecule has 0 fully saturated rings. The molecule has 2 aromatic carbocycles. The zero-order chi connectivity index (χ0) is 17.6. The molecule has 4 heteroatoms. The highest BCUT2D eigenvalue weighted by Crippen LogP contribution is 2.18. The van der Waals surface area contributed by atoms with E-state index in [4.69, 9.17) is 11.6 Å². The molecule has 25 heavy (non-hydrogen) atoms. The van der Waals surface area contributed by atoms with E-state index in [0.717, 1.165) is 34.2 Å². The molecule has 1 aromatic heterocycles. The Morgan fingerprint density at radius 1 is 0.720 bits per heavy atom. The summed E-state index contributed by atoms with van der Waals surface area (Å²) in [4.78, 5) is 13.9. The summed E-state index contributed by atoms with van der Waals surface area (Å²) in [5.74, 6) is 0. The van der Waals surface area contributed by atoms with Crippen molar-refractivity contribution in [3.63, 3.8) is 0 Å². The third-order valence-electron chi connectivity index (χ3n) is 3.64. The molecule has 0 bridgehead atoms. The van der Waals surface area contributed by atoms with Crippen LogP contribution >= 0.6 is 11.6 Å². The van der Waals surface area contributed by atoms with Gasteiger partial charge in [0.15, 0.2) is 0 Å². The number of rotatable bonds is 4. The standard InChI is InChI=1S/C21H18ClN3/c1-15(23-18-9-5-3-6-10-18)20-13-17(22)14-21(25-20)16(2)24-19-11-7-4-8-12-19/h3-14H,1-2H3. The molecule has 0 amide bonds. The van der Waals surface area contributed by atoms with Crippen molar-refractivity contribution < 1.29 is 0 Å². The van der Waals surface area contributed by atoms with Gasteiger partial charge >= 0.3 is 0 Å². The van der Waals surface area contributed by atoms with Crippen molar-refractivity contribution in [3.8, 4) is 0 Å². The fourth-order valence-electron chi connectivity index (χ4n) is 2.37. The van der Waals surface area contributed by atoms with E-state index in [1.54, 1.807) is 0 Å². The van der Waals surface area contributed by atoms with E-state index in [1.165, 1.54) is 0 Å². The minimum Gasteiger partial charge on any atom is -0.252 e. The highest BCUT2D eigenvalue weighted by molar-refractivity contribution is 6.31. The number of aliphatic imine (C=N–C) groups is 2. The van der Waals surface area contributed by atoms with Gasteiger partial charge in [0.05, 0.1) is 34.2 Å². The van der Waals surface area contributed by atoms with Crippen molar-refractivity contribution in [1.82, 2.24) is 4.98 Å². The highest BCUT2D eigenvalue weighted by atomic mass is 35.5. The van der Waals surface area contributed by atoms with E-state index in [1.807, 2.05) is 86.6 Å². The number of nitrogens with zero attached hydrogens (tertiary/aromatic N) is 3. The first-order valence-corrected chi connectivity index (χ1v) is 8.38. The fourth-order valence-corrected chi connectivity index (χ4v) is 2.58. The molecule has 0 unspecified atom stereocenters. The molecule has 0 atom stereocenters. The lowest BCUT2D eigenvalue weighted by atomic mass is 10.2. The van der Waals surface area contributed by atoms with Crippen LogP contribution in [0.2, 0.25) is 5.02 Å². The number of benzene rings is 2. The summed E-state index contributed by atoms with van der Waals surface area (Å²) in [7, 11) is 0. The number of hydrogen-bond donors (Lipinski definition) is 0. The second-order valence-electron chi connectivity index (χ2n) is 5.62. The van der Waals surface area contributed by atoms with Crippen molar-refractivity contribution >= 4 is 34.4 Å². The molecular weight excluding hydrogens is 330 g/mol. The van der Waals surface area contributed by atoms with Gasteiger partial charge in [-0.3, -0.25) is 9.98 Å². The van der Waals surface area contributed by atoms with Gasteiger partial charge < -0.3 is 0 Å². The molecule has 3 rings (SSSR count). The molecule has 0 saturated heterocycles. The van der Waals surface area contributed by atoms with Crippen molar-refractivity contribution in [2.24, 2.45) is 9.98 Å². The Morgan fingerprint density at radius 3 is 1.52 bits per heavy atom. The molecular formula is C21H18ClN3. The number of hydrogen-bond acceptors (Lipinski definition) is 3. The normalized spacial score (nSPS) is 12.3. The first kappa shape index (κ1) is 17.1. The van der Waals surface area contributed by atoms with Crippen LogP contribution in [0.15, 0.2) is 82.8 Å². The van der Waals surface area contributed by atoms with Gasteiger partial charge in [0.2, 0.25) is 0 Å². The van der Waals surface area contributed by atoms with E-state index in [0.29, 0.717) is 5.02 Å². The van der Waals surface area contributed by atoms with Crippen LogP contribution < -0.4 is 0 Å². The lowest BCUT2D eigenvalue weighted by molar-refractivity contribution is 1.24. The molecule has 3 aromatic rings. The second-order valence-corrected chi connectivity index (χ2v) is 6.06. The molecule has 0 spiro atoms. The van der Waals surface area contributed by atoms with Gasteiger partial charge in [-0.2, -0.15) is 0 Å². The van der Waals surface area contributed by atoms with Gasteiger partial charge in [-0.05, 0) is 50.2 Å². The predicted molar refractivity (Wildman–Crippen MR) is 106 cm³/mol. The number of para-hydroxylation sites is 2. The van der Waals surface area contributed by atoms with E-state index >= 15 is 0 Å². The maximum atomic E-state index is 6.29. The number of halogens is 1. The molecule has 124 valence electrons. The largest absolute Gasteiger partial charge is 0.252 e. The molecule has 0 N–H and O–H groups in total. The van der Waals surface area contributed by atoms with E-state index in [2.05, 4.69) is 15.0 Å². The van der Waals surface area contributed by atoms with Gasteiger partial charge in [-0.25, -0.2) is 4.98 Å². The van der Waals surface area contributed by atoms with Crippen molar-refractivity contribution in [1.29, 1.82) is 0 Å². The fraction of sp³-hybridized carbons (Fsp3) is 0.0952. The third kappa shape index (κ3) is 4.61. The zero-order valence-electron chi connectivity index (χ0n) is 14.1. The maximum absolute atomic E-state index is 6.29. The molecule has 0 aliphatic rings. The van der Waals surface area contributed by atoms with Gasteiger partial charge in [0.25, 0.3) is 0 Å². The van der Waals surface area contributed by atoms with Gasteiger partial charge in [0, 0.05) is 5.02 Å². The molecule has 1 heterocycles. The maximum Gasteiger partial charge on any atom is 0.0864 e. The third-order valence-corrected chi connectivity index (χ3v) is 3.86. The first-order valence-electron chi connectivity index (χ1n) is 8.01. The first-order chi connectivity index (χ1) is 12.1. The molecule has 0 aliphatic carbocycles. The SMILES string of the molecule is CC(=Nc1ccccc1)c1cc(Cl)cc(C(C)=Nc2ccccc2)n1. The lowest BCUT2D eigenvalue weighted by Crippen LogP contribution is -2.05. The minimum absolute atomic E-state index is 0.616. The smallest absolute Gasteiger partial charge is 0.0864 e. The van der Waals surface area contributed by atoms with E-state index < -0.39 is 0 Å². The van der Waals surface area contributed by atoms with Crippen LogP contribution in [0.1, 0.15) is 25.2 Å². The van der Waals surface area contributed by atoms with Crippen LogP contribution in [0.4, 0.5) is 11.4 Å². The van der Waals surface area contributed by atoms with Crippen molar-refractivity contribution in [3.05, 3.63) is 89.2 Å². The van der Waals surface area contributed by atoms with Crippen LogP contribution in [0, 0.1) is 0 Å². The van der Waals surface area contributed by atoms with Crippen molar-refractivity contribution in [2.75, 3.05) is 0 Å².